The van der Waals surface area contributed by atoms with Gasteiger partial charge in [0.05, 0.1) is 0 Å². The van der Waals surface area contributed by atoms with Crippen LogP contribution in [0.4, 0.5) is 11.6 Å². The van der Waals surface area contributed by atoms with E-state index in [9.17, 15) is 5.11 Å². The molecule has 0 amide bonds. The van der Waals surface area contributed by atoms with E-state index in [1.807, 2.05) is 20.0 Å². The molecule has 1 aromatic heterocycles. The zero-order valence-electron chi connectivity index (χ0n) is 12.4. The van der Waals surface area contributed by atoms with Crippen LogP contribution in [0.15, 0.2) is 24.5 Å². The number of rotatable bonds is 5. The summed E-state index contributed by atoms with van der Waals surface area (Å²) in [4.78, 5) is 13.0. The number of nitrogens with zero attached hydrogens (tertiary/aromatic N) is 4. The van der Waals surface area contributed by atoms with Crippen LogP contribution in [0.25, 0.3) is 0 Å². The Morgan fingerprint density at radius 1 is 1.55 bits per heavy atom. The van der Waals surface area contributed by atoms with Crippen LogP contribution in [0.5, 0.6) is 0 Å². The number of hydrogen-bond donors (Lipinski definition) is 1. The van der Waals surface area contributed by atoms with Gasteiger partial charge in [-0.15, -0.1) is 0 Å². The molecular formula is C15H24N4O. The summed E-state index contributed by atoms with van der Waals surface area (Å²) in [6.07, 6.45) is 3.81. The Kier molecular flexibility index (Phi) is 4.95. The average molecular weight is 276 g/mol. The van der Waals surface area contributed by atoms with E-state index in [-0.39, 0.29) is 6.61 Å². The Morgan fingerprint density at radius 2 is 2.35 bits per heavy atom. The molecule has 1 aromatic rings. The standard InChI is InChI=1S/C15H24N4O/c1-12(2)8-18(3)14-7-15(17-11-16-14)19-6-4-5-13(9-19)10-20/h7,11,13,20H,1,4-6,8-10H2,2-3H3. The van der Waals surface area contributed by atoms with Gasteiger partial charge in [-0.05, 0) is 25.7 Å². The third kappa shape index (κ3) is 3.70. The third-order valence-corrected chi connectivity index (χ3v) is 3.64. The van der Waals surface area contributed by atoms with Crippen molar-refractivity contribution < 1.29 is 5.11 Å². The second-order valence-electron chi connectivity index (χ2n) is 5.68. The predicted molar refractivity (Wildman–Crippen MR) is 82.1 cm³/mol. The summed E-state index contributed by atoms with van der Waals surface area (Å²) in [5, 5.41) is 9.32. The van der Waals surface area contributed by atoms with Crippen molar-refractivity contribution in [2.75, 3.05) is 43.1 Å². The molecule has 0 saturated carbocycles. The quantitative estimate of drug-likeness (QED) is 0.830. The molecule has 1 atom stereocenters. The van der Waals surface area contributed by atoms with E-state index in [2.05, 4.69) is 26.3 Å². The smallest absolute Gasteiger partial charge is 0.134 e. The predicted octanol–water partition coefficient (Wildman–Crippen LogP) is 1.70. The number of aliphatic hydroxyl groups excluding tert-OH is 1. The maximum atomic E-state index is 9.32. The molecule has 20 heavy (non-hydrogen) atoms. The fraction of sp³-hybridized carbons (Fsp3) is 0.600. The first-order valence-corrected chi connectivity index (χ1v) is 7.13. The van der Waals surface area contributed by atoms with Crippen LogP contribution in [0.2, 0.25) is 0 Å². The molecule has 0 aliphatic carbocycles. The third-order valence-electron chi connectivity index (χ3n) is 3.64. The lowest BCUT2D eigenvalue weighted by atomic mass is 9.99. The van der Waals surface area contributed by atoms with E-state index in [1.54, 1.807) is 6.33 Å². The molecule has 0 spiro atoms. The lowest BCUT2D eigenvalue weighted by Crippen LogP contribution is -2.37. The lowest BCUT2D eigenvalue weighted by Gasteiger charge is -2.33. The van der Waals surface area contributed by atoms with Gasteiger partial charge in [-0.1, -0.05) is 12.2 Å². The average Bonchev–Trinajstić information content (AvgIpc) is 2.47. The molecule has 5 heteroatoms. The van der Waals surface area contributed by atoms with Gasteiger partial charge in [0, 0.05) is 39.4 Å². The summed E-state index contributed by atoms with van der Waals surface area (Å²) in [5.74, 6) is 2.21. The molecule has 1 N–H and O–H groups in total. The van der Waals surface area contributed by atoms with Gasteiger partial charge in [-0.3, -0.25) is 0 Å². The summed E-state index contributed by atoms with van der Waals surface area (Å²) in [7, 11) is 2.01. The number of hydrogen-bond acceptors (Lipinski definition) is 5. The van der Waals surface area contributed by atoms with Crippen LogP contribution >= 0.6 is 0 Å². The Hall–Kier alpha value is -1.62. The molecule has 0 radical (unpaired) electrons. The van der Waals surface area contributed by atoms with E-state index < -0.39 is 0 Å². The van der Waals surface area contributed by atoms with Crippen molar-refractivity contribution in [1.29, 1.82) is 0 Å². The minimum atomic E-state index is 0.254. The molecule has 2 rings (SSSR count). The Labute approximate surface area is 121 Å². The van der Waals surface area contributed by atoms with Crippen LogP contribution in [0.1, 0.15) is 19.8 Å². The number of piperidine rings is 1. The molecule has 0 aromatic carbocycles. The minimum absolute atomic E-state index is 0.254. The van der Waals surface area contributed by atoms with E-state index in [4.69, 9.17) is 0 Å². The second kappa shape index (κ2) is 6.70. The highest BCUT2D eigenvalue weighted by Gasteiger charge is 2.20. The fourth-order valence-corrected chi connectivity index (χ4v) is 2.63. The lowest BCUT2D eigenvalue weighted by molar-refractivity contribution is 0.208. The first-order valence-electron chi connectivity index (χ1n) is 7.13. The molecule has 1 aliphatic heterocycles. The van der Waals surface area contributed by atoms with Gasteiger partial charge < -0.3 is 14.9 Å². The van der Waals surface area contributed by atoms with Gasteiger partial charge in [-0.2, -0.15) is 0 Å². The SMILES string of the molecule is C=C(C)CN(C)c1cc(N2CCCC(CO)C2)ncn1. The van der Waals surface area contributed by atoms with Crippen molar-refractivity contribution >= 4 is 11.6 Å². The molecule has 5 nitrogen and oxygen atoms in total. The number of aromatic nitrogens is 2. The van der Waals surface area contributed by atoms with Crippen LogP contribution in [-0.2, 0) is 0 Å². The summed E-state index contributed by atoms with van der Waals surface area (Å²) in [5.41, 5.74) is 1.10. The molecule has 1 fully saturated rings. The highest BCUT2D eigenvalue weighted by Crippen LogP contribution is 2.23. The molecular weight excluding hydrogens is 252 g/mol. The number of aliphatic hydroxyl groups is 1. The summed E-state index contributed by atoms with van der Waals surface area (Å²) in [6, 6.07) is 2.02. The van der Waals surface area contributed by atoms with Crippen molar-refractivity contribution in [1.82, 2.24) is 9.97 Å². The summed E-state index contributed by atoms with van der Waals surface area (Å²) in [6.45, 7) is 8.85. The largest absolute Gasteiger partial charge is 0.396 e. The number of anilines is 2. The first kappa shape index (κ1) is 14.8. The molecule has 2 heterocycles. The van der Waals surface area contributed by atoms with E-state index in [1.165, 1.54) is 0 Å². The zero-order chi connectivity index (χ0) is 14.5. The van der Waals surface area contributed by atoms with Crippen LogP contribution in [0, 0.1) is 5.92 Å². The van der Waals surface area contributed by atoms with Gasteiger partial charge >= 0.3 is 0 Å². The maximum absolute atomic E-state index is 9.32. The monoisotopic (exact) mass is 276 g/mol. The Morgan fingerprint density at radius 3 is 3.05 bits per heavy atom. The summed E-state index contributed by atoms with van der Waals surface area (Å²) >= 11 is 0. The molecule has 1 aliphatic rings. The highest BCUT2D eigenvalue weighted by molar-refractivity contribution is 5.50. The molecule has 110 valence electrons. The van der Waals surface area contributed by atoms with Crippen LogP contribution in [0.3, 0.4) is 0 Å². The minimum Gasteiger partial charge on any atom is -0.396 e. The number of likely N-dealkylation sites (N-methyl/N-ethyl adjacent to an activating group) is 1. The highest BCUT2D eigenvalue weighted by atomic mass is 16.3. The van der Waals surface area contributed by atoms with Gasteiger partial charge in [-0.25, -0.2) is 9.97 Å². The van der Waals surface area contributed by atoms with Crippen molar-refractivity contribution in [2.45, 2.75) is 19.8 Å². The Bertz CT molecular complexity index is 463. The van der Waals surface area contributed by atoms with Crippen molar-refractivity contribution in [3.05, 3.63) is 24.5 Å². The van der Waals surface area contributed by atoms with Gasteiger partial charge in [0.1, 0.15) is 18.0 Å². The summed E-state index contributed by atoms with van der Waals surface area (Å²) < 4.78 is 0. The Balaban J connectivity index is 2.10. The van der Waals surface area contributed by atoms with E-state index in [0.717, 1.165) is 49.7 Å². The zero-order valence-corrected chi connectivity index (χ0v) is 12.4. The fourth-order valence-electron chi connectivity index (χ4n) is 2.63. The topological polar surface area (TPSA) is 52.5 Å². The van der Waals surface area contributed by atoms with Crippen molar-refractivity contribution in [2.24, 2.45) is 5.92 Å². The van der Waals surface area contributed by atoms with Crippen molar-refractivity contribution in [3.63, 3.8) is 0 Å². The molecule has 1 saturated heterocycles. The van der Waals surface area contributed by atoms with E-state index >= 15 is 0 Å². The molecule has 1 unspecified atom stereocenters. The first-order chi connectivity index (χ1) is 9.60. The van der Waals surface area contributed by atoms with Gasteiger partial charge in [0.2, 0.25) is 0 Å². The normalized spacial score (nSPS) is 18.9. The maximum Gasteiger partial charge on any atom is 0.134 e. The van der Waals surface area contributed by atoms with Crippen LogP contribution in [-0.4, -0.2) is 48.4 Å². The van der Waals surface area contributed by atoms with Gasteiger partial charge in [0.25, 0.3) is 0 Å². The molecule has 0 bridgehead atoms. The van der Waals surface area contributed by atoms with E-state index in [0.29, 0.717) is 5.92 Å². The van der Waals surface area contributed by atoms with Crippen molar-refractivity contribution in [3.8, 4) is 0 Å². The van der Waals surface area contributed by atoms with Crippen LogP contribution < -0.4 is 9.80 Å². The van der Waals surface area contributed by atoms with Gasteiger partial charge in [0.15, 0.2) is 0 Å². The second-order valence-corrected chi connectivity index (χ2v) is 5.68.